The predicted molar refractivity (Wildman–Crippen MR) is 128 cm³/mol. The highest BCUT2D eigenvalue weighted by molar-refractivity contribution is 9.11. The fourth-order valence-electron chi connectivity index (χ4n) is 3.37. The maximum absolute atomic E-state index is 6.07. The van der Waals surface area contributed by atoms with Crippen LogP contribution in [0.25, 0.3) is 22.0 Å². The van der Waals surface area contributed by atoms with Crippen molar-refractivity contribution < 1.29 is 9.47 Å². The lowest BCUT2D eigenvalue weighted by Gasteiger charge is -2.12. The Kier molecular flexibility index (Phi) is 6.44. The highest BCUT2D eigenvalue weighted by atomic mass is 79.9. The zero-order valence-electron chi connectivity index (χ0n) is 16.9. The monoisotopic (exact) mass is 528 g/mol. The largest absolute Gasteiger partial charge is 0.490 e. The lowest BCUT2D eigenvalue weighted by atomic mass is 10.1. The molecule has 0 fully saturated rings. The number of nitrogens with zero attached hydrogens (tertiary/aromatic N) is 2. The number of rotatable bonds is 7. The molecule has 1 heterocycles. The van der Waals surface area contributed by atoms with Gasteiger partial charge < -0.3 is 9.47 Å². The first-order valence-electron chi connectivity index (χ1n) is 9.83. The molecule has 0 amide bonds. The Bertz CT molecular complexity index is 1190. The fraction of sp³-hybridized carbons (Fsp3) is 0.208. The summed E-state index contributed by atoms with van der Waals surface area (Å²) in [6.45, 7) is 5.72. The molecule has 30 heavy (non-hydrogen) atoms. The molecule has 0 saturated carbocycles. The summed E-state index contributed by atoms with van der Waals surface area (Å²) in [5.74, 6) is 1.56. The second-order valence-corrected chi connectivity index (χ2v) is 8.69. The lowest BCUT2D eigenvalue weighted by molar-refractivity contribution is 0.259. The Morgan fingerprint density at radius 2 is 1.83 bits per heavy atom. The zero-order valence-corrected chi connectivity index (χ0v) is 20.0. The molecule has 0 aliphatic heterocycles. The van der Waals surface area contributed by atoms with Gasteiger partial charge in [0.25, 0.3) is 0 Å². The van der Waals surface area contributed by atoms with Crippen LogP contribution in [0.15, 0.2) is 69.6 Å². The van der Waals surface area contributed by atoms with Crippen LogP contribution in [0.2, 0.25) is 0 Å². The molecule has 0 N–H and O–H groups in total. The van der Waals surface area contributed by atoms with Gasteiger partial charge in [0.05, 0.1) is 23.3 Å². The highest BCUT2D eigenvalue weighted by Gasteiger charge is 2.12. The number of halogens is 2. The van der Waals surface area contributed by atoms with Gasteiger partial charge >= 0.3 is 0 Å². The number of aryl methyl sites for hydroxylation is 1. The molecule has 3 aromatic carbocycles. The summed E-state index contributed by atoms with van der Waals surface area (Å²) in [7, 11) is 0. The van der Waals surface area contributed by atoms with Crippen LogP contribution < -0.4 is 9.47 Å². The average molecular weight is 530 g/mol. The molecular weight excluding hydrogens is 508 g/mol. The molecule has 0 aliphatic rings. The van der Waals surface area contributed by atoms with Crippen molar-refractivity contribution in [2.75, 3.05) is 13.2 Å². The Balaban J connectivity index is 1.51. The summed E-state index contributed by atoms with van der Waals surface area (Å²) in [5.41, 5.74) is 3.19. The molecular formula is C24H22Br2N2O2. The summed E-state index contributed by atoms with van der Waals surface area (Å²) in [4.78, 5) is 0. The summed E-state index contributed by atoms with van der Waals surface area (Å²) >= 11 is 7.20. The molecule has 0 spiro atoms. The van der Waals surface area contributed by atoms with E-state index in [-0.39, 0.29) is 0 Å². The van der Waals surface area contributed by atoms with E-state index in [1.54, 1.807) is 0 Å². The van der Waals surface area contributed by atoms with E-state index in [1.807, 2.05) is 35.9 Å². The number of aromatic nitrogens is 2. The van der Waals surface area contributed by atoms with Crippen molar-refractivity contribution in [3.8, 4) is 22.9 Å². The summed E-state index contributed by atoms with van der Waals surface area (Å²) in [6.07, 6.45) is 0. The SMILES string of the molecule is CCOc1cc(-c2cccc(C)c2)nn1CCOc1ccc2cc(Br)ccc2c1Br. The van der Waals surface area contributed by atoms with E-state index in [9.17, 15) is 0 Å². The maximum atomic E-state index is 6.07. The van der Waals surface area contributed by atoms with Gasteiger partial charge in [0, 0.05) is 16.1 Å². The Labute approximate surface area is 193 Å². The van der Waals surface area contributed by atoms with Crippen LogP contribution in [0.3, 0.4) is 0 Å². The molecule has 4 aromatic rings. The van der Waals surface area contributed by atoms with Gasteiger partial charge in [-0.2, -0.15) is 5.10 Å². The molecule has 6 heteroatoms. The summed E-state index contributed by atoms with van der Waals surface area (Å²) in [5, 5.41) is 7.02. The highest BCUT2D eigenvalue weighted by Crippen LogP contribution is 2.34. The number of fused-ring (bicyclic) bond motifs is 1. The molecule has 0 unspecified atom stereocenters. The van der Waals surface area contributed by atoms with E-state index < -0.39 is 0 Å². The Morgan fingerprint density at radius 1 is 0.967 bits per heavy atom. The third-order valence-corrected chi connectivity index (χ3v) is 6.10. The van der Waals surface area contributed by atoms with E-state index in [1.165, 1.54) is 5.56 Å². The first kappa shape index (κ1) is 20.9. The molecule has 4 nitrogen and oxygen atoms in total. The van der Waals surface area contributed by atoms with Gasteiger partial charge in [-0.25, -0.2) is 4.68 Å². The maximum Gasteiger partial charge on any atom is 0.212 e. The van der Waals surface area contributed by atoms with Crippen LogP contribution in [-0.4, -0.2) is 23.0 Å². The van der Waals surface area contributed by atoms with Crippen molar-refractivity contribution in [2.45, 2.75) is 20.4 Å². The van der Waals surface area contributed by atoms with Crippen molar-refractivity contribution in [1.82, 2.24) is 9.78 Å². The smallest absolute Gasteiger partial charge is 0.212 e. The van der Waals surface area contributed by atoms with Gasteiger partial charge in [0.15, 0.2) is 0 Å². The van der Waals surface area contributed by atoms with Gasteiger partial charge in [0.2, 0.25) is 5.88 Å². The number of hydrogen-bond acceptors (Lipinski definition) is 3. The minimum absolute atomic E-state index is 0.482. The Hall–Kier alpha value is -2.31. The van der Waals surface area contributed by atoms with Crippen molar-refractivity contribution >= 4 is 42.6 Å². The first-order chi connectivity index (χ1) is 14.5. The standard InChI is InChI=1S/C24H22Br2N2O2/c1-3-29-23-15-21(18-6-4-5-16(2)13-18)27-28(23)11-12-30-22-10-7-17-14-19(25)8-9-20(17)24(22)26/h4-10,13-15H,3,11-12H2,1-2H3. The lowest BCUT2D eigenvalue weighted by Crippen LogP contribution is -2.11. The van der Waals surface area contributed by atoms with Crippen LogP contribution in [0.5, 0.6) is 11.6 Å². The van der Waals surface area contributed by atoms with E-state index in [2.05, 4.69) is 75.2 Å². The molecule has 0 saturated heterocycles. The summed E-state index contributed by atoms with van der Waals surface area (Å²) in [6, 6.07) is 20.6. The summed E-state index contributed by atoms with van der Waals surface area (Å²) < 4.78 is 15.7. The Morgan fingerprint density at radius 3 is 2.63 bits per heavy atom. The van der Waals surface area contributed by atoms with Gasteiger partial charge in [0.1, 0.15) is 12.4 Å². The van der Waals surface area contributed by atoms with Gasteiger partial charge in [-0.3, -0.25) is 0 Å². The minimum Gasteiger partial charge on any atom is -0.490 e. The second-order valence-electron chi connectivity index (χ2n) is 6.99. The molecule has 1 aromatic heterocycles. The van der Waals surface area contributed by atoms with E-state index >= 15 is 0 Å². The zero-order chi connectivity index (χ0) is 21.1. The predicted octanol–water partition coefficient (Wildman–Crippen LogP) is 7.01. The van der Waals surface area contributed by atoms with Gasteiger partial charge in [-0.15, -0.1) is 0 Å². The van der Waals surface area contributed by atoms with Crippen LogP contribution in [0.4, 0.5) is 0 Å². The van der Waals surface area contributed by atoms with E-state index in [0.717, 1.165) is 42.6 Å². The van der Waals surface area contributed by atoms with Crippen molar-refractivity contribution in [3.05, 3.63) is 75.2 Å². The van der Waals surface area contributed by atoms with E-state index in [4.69, 9.17) is 14.6 Å². The second kappa shape index (κ2) is 9.23. The third-order valence-electron chi connectivity index (χ3n) is 4.79. The van der Waals surface area contributed by atoms with Crippen LogP contribution in [-0.2, 0) is 6.54 Å². The fourth-order valence-corrected chi connectivity index (χ4v) is 4.35. The molecule has 0 aliphatic carbocycles. The quantitative estimate of drug-likeness (QED) is 0.258. The van der Waals surface area contributed by atoms with Crippen molar-refractivity contribution in [1.29, 1.82) is 0 Å². The topological polar surface area (TPSA) is 36.3 Å². The molecule has 0 radical (unpaired) electrons. The number of ether oxygens (including phenoxy) is 2. The first-order valence-corrected chi connectivity index (χ1v) is 11.4. The van der Waals surface area contributed by atoms with Gasteiger partial charge in [-0.1, -0.05) is 51.8 Å². The molecule has 154 valence electrons. The van der Waals surface area contributed by atoms with Gasteiger partial charge in [-0.05, 0) is 64.8 Å². The number of benzene rings is 3. The third kappa shape index (κ3) is 4.55. The van der Waals surface area contributed by atoms with Crippen LogP contribution >= 0.6 is 31.9 Å². The number of hydrogen-bond donors (Lipinski definition) is 0. The van der Waals surface area contributed by atoms with Crippen LogP contribution in [0, 0.1) is 6.92 Å². The molecule has 4 rings (SSSR count). The minimum atomic E-state index is 0.482. The molecule has 0 atom stereocenters. The van der Waals surface area contributed by atoms with E-state index in [0.29, 0.717) is 19.8 Å². The van der Waals surface area contributed by atoms with Crippen molar-refractivity contribution in [2.24, 2.45) is 0 Å². The van der Waals surface area contributed by atoms with Crippen LogP contribution in [0.1, 0.15) is 12.5 Å². The molecule has 0 bridgehead atoms. The van der Waals surface area contributed by atoms with Crippen molar-refractivity contribution in [3.63, 3.8) is 0 Å². The normalized spacial score (nSPS) is 11.1. The average Bonchev–Trinajstić information content (AvgIpc) is 3.13.